The van der Waals surface area contributed by atoms with E-state index < -0.39 is 4.33 Å². The van der Waals surface area contributed by atoms with Crippen LogP contribution in [0.15, 0.2) is 137 Å². The molecule has 2 aliphatic rings. The van der Waals surface area contributed by atoms with Gasteiger partial charge >= 0.3 is 0 Å². The molecule has 0 saturated carbocycles. The number of methoxy groups -OCH3 is 1. The Morgan fingerprint density at radius 1 is 0.767 bits per heavy atom. The Kier molecular flexibility index (Phi) is 7.01. The van der Waals surface area contributed by atoms with Gasteiger partial charge in [0.05, 0.1) is 17.7 Å². The first-order valence-corrected chi connectivity index (χ1v) is 15.3. The molecule has 1 spiro atoms. The second-order valence-electron chi connectivity index (χ2n) is 9.95. The van der Waals surface area contributed by atoms with Crippen molar-refractivity contribution in [2.75, 3.05) is 17.0 Å². The smallest absolute Gasteiger partial charge is 0.268 e. The standard InChI is InChI=1S/C35H25N3O3S2/c1-41-30-20-16-24(17-21-30)22-31-34(40)37(28-12-4-2-5-13-28)35(42-31)38(29-14-6-3-7-15-29)36-33(43-35)32(39)27-19-18-25-10-8-9-11-26(25)23-27/h2-23H,1H3/b31-22-/t35-/m0/s1. The molecule has 1 fully saturated rings. The van der Waals surface area contributed by atoms with E-state index in [1.165, 1.54) is 23.5 Å². The van der Waals surface area contributed by atoms with E-state index in [2.05, 4.69) is 0 Å². The molecule has 7 rings (SSSR count). The summed E-state index contributed by atoms with van der Waals surface area (Å²) >= 11 is 2.68. The van der Waals surface area contributed by atoms with Crippen LogP contribution < -0.4 is 14.6 Å². The third-order valence-electron chi connectivity index (χ3n) is 7.26. The Bertz CT molecular complexity index is 1910. The SMILES string of the molecule is COc1ccc(/C=C2\S[C@]3(SC(C(=O)c4ccc5ccccc5c4)=NN3c3ccccc3)N(c3ccccc3)C2=O)cc1. The lowest BCUT2D eigenvalue weighted by molar-refractivity contribution is -0.114. The van der Waals surface area contributed by atoms with Crippen molar-refractivity contribution in [3.8, 4) is 5.75 Å². The Morgan fingerprint density at radius 3 is 2.12 bits per heavy atom. The number of fused-ring (bicyclic) bond motifs is 1. The Hall–Kier alpha value is -4.79. The van der Waals surface area contributed by atoms with Gasteiger partial charge in [-0.3, -0.25) is 14.5 Å². The zero-order chi connectivity index (χ0) is 29.4. The maximum absolute atomic E-state index is 14.3. The molecule has 0 aromatic heterocycles. The molecule has 0 N–H and O–H groups in total. The van der Waals surface area contributed by atoms with Crippen LogP contribution in [-0.2, 0) is 4.79 Å². The van der Waals surface area contributed by atoms with E-state index in [9.17, 15) is 9.59 Å². The van der Waals surface area contributed by atoms with Crippen LogP contribution in [0.2, 0.25) is 0 Å². The van der Waals surface area contributed by atoms with Gasteiger partial charge in [-0.1, -0.05) is 96.7 Å². The summed E-state index contributed by atoms with van der Waals surface area (Å²) < 4.78 is 4.20. The largest absolute Gasteiger partial charge is 0.497 e. The number of thioether (sulfide) groups is 2. The van der Waals surface area contributed by atoms with E-state index in [0.717, 1.165) is 27.8 Å². The summed E-state index contributed by atoms with van der Waals surface area (Å²) in [6.07, 6.45) is 1.88. The Morgan fingerprint density at radius 2 is 1.42 bits per heavy atom. The van der Waals surface area contributed by atoms with Crippen LogP contribution in [-0.4, -0.2) is 28.2 Å². The van der Waals surface area contributed by atoms with Crippen LogP contribution in [0.25, 0.3) is 16.8 Å². The van der Waals surface area contributed by atoms with Crippen molar-refractivity contribution in [3.63, 3.8) is 0 Å². The van der Waals surface area contributed by atoms with Crippen molar-refractivity contribution in [2.24, 2.45) is 5.10 Å². The van der Waals surface area contributed by atoms with Gasteiger partial charge in [0.1, 0.15) is 5.75 Å². The van der Waals surface area contributed by atoms with Crippen molar-refractivity contribution in [1.82, 2.24) is 0 Å². The minimum absolute atomic E-state index is 0.171. The average molecular weight is 600 g/mol. The molecule has 210 valence electrons. The van der Waals surface area contributed by atoms with Gasteiger partial charge in [0.2, 0.25) is 10.1 Å². The van der Waals surface area contributed by atoms with Crippen LogP contribution in [0, 0.1) is 0 Å². The summed E-state index contributed by atoms with van der Waals surface area (Å²) in [6, 6.07) is 40.4. The molecule has 1 amide bonds. The quantitative estimate of drug-likeness (QED) is 0.145. The highest BCUT2D eigenvalue weighted by Crippen LogP contribution is 2.59. The van der Waals surface area contributed by atoms with E-state index in [4.69, 9.17) is 9.84 Å². The predicted octanol–water partition coefficient (Wildman–Crippen LogP) is 8.03. The number of para-hydroxylation sites is 2. The van der Waals surface area contributed by atoms with Crippen LogP contribution in [0.3, 0.4) is 0 Å². The number of amides is 1. The highest BCUT2D eigenvalue weighted by molar-refractivity contribution is 8.29. The molecule has 6 nitrogen and oxygen atoms in total. The topological polar surface area (TPSA) is 62.2 Å². The Balaban J connectivity index is 1.35. The average Bonchev–Trinajstić information content (AvgIpc) is 3.57. The number of hydrogen-bond acceptors (Lipinski definition) is 7. The summed E-state index contributed by atoms with van der Waals surface area (Å²) in [5.74, 6) is 0.374. The third-order valence-corrected chi connectivity index (χ3v) is 9.98. The highest BCUT2D eigenvalue weighted by atomic mass is 32.2. The van der Waals surface area contributed by atoms with Gasteiger partial charge in [-0.2, -0.15) is 5.10 Å². The normalized spacial score (nSPS) is 19.0. The van der Waals surface area contributed by atoms with Crippen molar-refractivity contribution in [1.29, 1.82) is 0 Å². The van der Waals surface area contributed by atoms with Crippen molar-refractivity contribution >= 4 is 68.5 Å². The van der Waals surface area contributed by atoms with Gasteiger partial charge in [-0.15, -0.1) is 0 Å². The molecule has 0 bridgehead atoms. The molecule has 0 unspecified atom stereocenters. The fourth-order valence-corrected chi connectivity index (χ4v) is 8.10. The number of nitrogens with zero attached hydrogens (tertiary/aromatic N) is 3. The lowest BCUT2D eigenvalue weighted by atomic mass is 10.0. The monoisotopic (exact) mass is 599 g/mol. The number of carbonyl (C=O) groups excluding carboxylic acids is 2. The lowest BCUT2D eigenvalue weighted by Crippen LogP contribution is -2.51. The number of hydrazone groups is 1. The summed E-state index contributed by atoms with van der Waals surface area (Å²) in [5.41, 5.74) is 2.89. The van der Waals surface area contributed by atoms with Crippen LogP contribution in [0.4, 0.5) is 11.4 Å². The molecular weight excluding hydrogens is 575 g/mol. The van der Waals surface area contributed by atoms with Crippen molar-refractivity contribution < 1.29 is 14.3 Å². The number of benzene rings is 5. The van der Waals surface area contributed by atoms with Gasteiger partial charge in [0.15, 0.2) is 5.04 Å². The molecule has 1 saturated heterocycles. The minimum atomic E-state index is -1.11. The highest BCUT2D eigenvalue weighted by Gasteiger charge is 2.60. The first kappa shape index (κ1) is 27.1. The van der Waals surface area contributed by atoms with E-state index in [-0.39, 0.29) is 11.7 Å². The number of ether oxygens (including phenoxy) is 1. The number of hydrogen-bond donors (Lipinski definition) is 0. The van der Waals surface area contributed by atoms with Crippen molar-refractivity contribution in [2.45, 2.75) is 4.33 Å². The van der Waals surface area contributed by atoms with E-state index in [0.29, 0.717) is 21.2 Å². The fourth-order valence-electron chi connectivity index (χ4n) is 5.16. The molecule has 0 aliphatic carbocycles. The zero-order valence-electron chi connectivity index (χ0n) is 23.1. The van der Waals surface area contributed by atoms with Crippen LogP contribution in [0.1, 0.15) is 15.9 Å². The summed E-state index contributed by atoms with van der Waals surface area (Å²) in [4.78, 5) is 30.6. The molecular formula is C35H25N3O3S2. The predicted molar refractivity (Wildman–Crippen MR) is 177 cm³/mol. The first-order valence-electron chi connectivity index (χ1n) is 13.7. The molecule has 5 aromatic carbocycles. The zero-order valence-corrected chi connectivity index (χ0v) is 24.7. The van der Waals surface area contributed by atoms with Crippen LogP contribution in [0.5, 0.6) is 5.75 Å². The van der Waals surface area contributed by atoms with E-state index in [1.54, 1.807) is 17.0 Å². The Labute approximate surface area is 257 Å². The molecule has 0 radical (unpaired) electrons. The first-order chi connectivity index (χ1) is 21.1. The molecule has 43 heavy (non-hydrogen) atoms. The van der Waals surface area contributed by atoms with Crippen LogP contribution >= 0.6 is 23.5 Å². The fraction of sp³-hybridized carbons (Fsp3) is 0.0571. The summed E-state index contributed by atoms with van der Waals surface area (Å²) in [5, 5.41) is 9.08. The summed E-state index contributed by atoms with van der Waals surface area (Å²) in [6.45, 7) is 0. The summed E-state index contributed by atoms with van der Waals surface area (Å²) in [7, 11) is 1.62. The molecule has 1 atom stereocenters. The lowest BCUT2D eigenvalue weighted by Gasteiger charge is -2.38. The minimum Gasteiger partial charge on any atom is -0.497 e. The number of Topliss-reactive ketones (excluding diaryl/α,β-unsaturated/α-hetero) is 1. The van der Waals surface area contributed by atoms with Gasteiger partial charge < -0.3 is 4.74 Å². The van der Waals surface area contributed by atoms with Crippen molar-refractivity contribution in [3.05, 3.63) is 143 Å². The second-order valence-corrected chi connectivity index (χ2v) is 12.6. The molecule has 2 heterocycles. The van der Waals surface area contributed by atoms with E-state index >= 15 is 0 Å². The van der Waals surface area contributed by atoms with Gasteiger partial charge in [0, 0.05) is 11.3 Å². The van der Waals surface area contributed by atoms with E-state index in [1.807, 2.05) is 133 Å². The van der Waals surface area contributed by atoms with Gasteiger partial charge in [-0.25, -0.2) is 5.01 Å². The second kappa shape index (κ2) is 11.1. The maximum Gasteiger partial charge on any atom is 0.268 e. The van der Waals surface area contributed by atoms with Gasteiger partial charge in [0.25, 0.3) is 5.91 Å². The number of anilines is 2. The molecule has 2 aliphatic heterocycles. The molecule has 8 heteroatoms. The number of ketones is 1. The number of rotatable bonds is 6. The maximum atomic E-state index is 14.3. The van der Waals surface area contributed by atoms with Gasteiger partial charge in [-0.05, 0) is 76.6 Å². The third kappa shape index (κ3) is 4.88. The number of carbonyl (C=O) groups is 2. The molecule has 5 aromatic rings.